The van der Waals surface area contributed by atoms with Crippen LogP contribution in [0.15, 0.2) is 36.5 Å². The van der Waals surface area contributed by atoms with E-state index < -0.39 is 0 Å². The monoisotopic (exact) mass is 413 g/mol. The van der Waals surface area contributed by atoms with Gasteiger partial charge < -0.3 is 24.2 Å². The van der Waals surface area contributed by atoms with Gasteiger partial charge in [-0.05, 0) is 43.2 Å². The van der Waals surface area contributed by atoms with Crippen LogP contribution in [0.4, 0.5) is 11.4 Å². The molecule has 2 aromatic rings. The van der Waals surface area contributed by atoms with Gasteiger partial charge in [-0.1, -0.05) is 17.8 Å². The second kappa shape index (κ2) is 9.40. The Balaban J connectivity index is 1.47. The molecule has 1 aromatic carbocycles. The van der Waals surface area contributed by atoms with Gasteiger partial charge in [0.15, 0.2) is 5.75 Å². The Morgan fingerprint density at radius 1 is 0.933 bits per heavy atom. The Morgan fingerprint density at radius 2 is 1.67 bits per heavy atom. The molecule has 30 heavy (non-hydrogen) atoms. The van der Waals surface area contributed by atoms with Gasteiger partial charge in [-0.25, -0.2) is 0 Å². The highest BCUT2D eigenvalue weighted by atomic mass is 17.3. The number of carbonyl (C=O) groups excluding carboxylic acids is 1. The number of hydrogen-bond donors (Lipinski definition) is 1. The lowest BCUT2D eigenvalue weighted by molar-refractivity contribution is -0.211. The largest absolute Gasteiger partial charge is 0.368 e. The van der Waals surface area contributed by atoms with Crippen molar-refractivity contribution < 1.29 is 14.7 Å². The van der Waals surface area contributed by atoms with Crippen LogP contribution in [-0.4, -0.2) is 54.6 Å². The number of rotatable bonds is 5. The standard InChI is InChI=1S/C22H31N5O3/c1-24-10-6-7-19(24)22(28)27-15-13-25(14-16-27)18-8-9-21(29-30-23)20(17-18)26-11-4-2-3-5-12-26/h6-10,17H,2-5,11-16,23H2,1H3. The summed E-state index contributed by atoms with van der Waals surface area (Å²) in [5.41, 5.74) is 2.88. The highest BCUT2D eigenvalue weighted by Gasteiger charge is 2.25. The molecule has 0 saturated carbocycles. The predicted octanol–water partition coefficient (Wildman–Crippen LogP) is 2.55. The molecule has 2 fully saturated rings. The number of nitrogens with zero attached hydrogens (tertiary/aromatic N) is 4. The lowest BCUT2D eigenvalue weighted by atomic mass is 10.2. The molecule has 8 heteroatoms. The highest BCUT2D eigenvalue weighted by Crippen LogP contribution is 2.34. The minimum absolute atomic E-state index is 0.0937. The Kier molecular flexibility index (Phi) is 6.44. The normalized spacial score (nSPS) is 17.7. The minimum Gasteiger partial charge on any atom is -0.368 e. The maximum Gasteiger partial charge on any atom is 0.270 e. The molecular formula is C22H31N5O3. The van der Waals surface area contributed by atoms with Crippen LogP contribution in [0.3, 0.4) is 0 Å². The number of nitrogens with two attached hydrogens (primary N) is 1. The second-order valence-corrected chi connectivity index (χ2v) is 8.02. The number of piperazine rings is 1. The predicted molar refractivity (Wildman–Crippen MR) is 117 cm³/mol. The van der Waals surface area contributed by atoms with Gasteiger partial charge in [-0.15, -0.1) is 0 Å². The van der Waals surface area contributed by atoms with E-state index >= 15 is 0 Å². The van der Waals surface area contributed by atoms with E-state index in [1.807, 2.05) is 47.0 Å². The van der Waals surface area contributed by atoms with Crippen molar-refractivity contribution in [3.63, 3.8) is 0 Å². The number of carbonyl (C=O) groups is 1. The summed E-state index contributed by atoms with van der Waals surface area (Å²) in [6.45, 7) is 5.00. The van der Waals surface area contributed by atoms with E-state index in [1.54, 1.807) is 0 Å². The third kappa shape index (κ3) is 4.39. The van der Waals surface area contributed by atoms with Crippen LogP contribution in [-0.2, 0) is 12.0 Å². The smallest absolute Gasteiger partial charge is 0.270 e. The molecule has 3 heterocycles. The van der Waals surface area contributed by atoms with Crippen LogP contribution in [0.2, 0.25) is 0 Å². The average Bonchev–Trinajstić information content (AvgIpc) is 3.02. The highest BCUT2D eigenvalue weighted by molar-refractivity contribution is 5.93. The van der Waals surface area contributed by atoms with Crippen molar-refractivity contribution >= 4 is 17.3 Å². The van der Waals surface area contributed by atoms with Gasteiger partial charge in [0.05, 0.1) is 5.69 Å². The van der Waals surface area contributed by atoms with E-state index in [1.165, 1.54) is 25.7 Å². The Hall–Kier alpha value is -2.71. The maximum absolute atomic E-state index is 12.8. The first-order chi connectivity index (χ1) is 14.7. The molecule has 4 rings (SSSR count). The summed E-state index contributed by atoms with van der Waals surface area (Å²) >= 11 is 0. The molecule has 0 bridgehead atoms. The zero-order valence-electron chi connectivity index (χ0n) is 17.6. The fraction of sp³-hybridized carbons (Fsp3) is 0.500. The second-order valence-electron chi connectivity index (χ2n) is 8.02. The molecule has 162 valence electrons. The number of aryl methyl sites for hydroxylation is 1. The molecule has 2 saturated heterocycles. The molecule has 2 N–H and O–H groups in total. The summed E-state index contributed by atoms with van der Waals surface area (Å²) in [6, 6.07) is 9.89. The van der Waals surface area contributed by atoms with Crippen LogP contribution >= 0.6 is 0 Å². The van der Waals surface area contributed by atoms with E-state index in [0.717, 1.165) is 43.2 Å². The number of aromatic nitrogens is 1. The molecule has 1 aromatic heterocycles. The van der Waals surface area contributed by atoms with Gasteiger partial charge in [0.25, 0.3) is 5.91 Å². The van der Waals surface area contributed by atoms with Crippen molar-refractivity contribution in [1.29, 1.82) is 0 Å². The van der Waals surface area contributed by atoms with E-state index in [4.69, 9.17) is 10.8 Å². The van der Waals surface area contributed by atoms with E-state index in [9.17, 15) is 4.79 Å². The molecular weight excluding hydrogens is 382 g/mol. The van der Waals surface area contributed by atoms with Crippen LogP contribution in [0, 0.1) is 0 Å². The average molecular weight is 414 g/mol. The molecule has 0 radical (unpaired) electrons. The number of benzene rings is 1. The summed E-state index contributed by atoms with van der Waals surface area (Å²) in [7, 11) is 1.91. The van der Waals surface area contributed by atoms with Crippen LogP contribution in [0.25, 0.3) is 0 Å². The van der Waals surface area contributed by atoms with E-state index in [-0.39, 0.29) is 5.91 Å². The molecule has 1 amide bonds. The fourth-order valence-corrected chi connectivity index (χ4v) is 4.40. The molecule has 0 atom stereocenters. The molecule has 0 unspecified atom stereocenters. The van der Waals surface area contributed by atoms with Crippen molar-refractivity contribution in [3.05, 3.63) is 42.2 Å². The Bertz CT molecular complexity index is 852. The SMILES string of the molecule is Cn1cccc1C(=O)N1CCN(c2ccc(OON)c(N3CCCCCC3)c2)CC1. The minimum atomic E-state index is 0.0937. The first kappa shape index (κ1) is 20.6. The van der Waals surface area contributed by atoms with Crippen molar-refractivity contribution in [2.24, 2.45) is 12.9 Å². The Morgan fingerprint density at radius 3 is 2.30 bits per heavy atom. The van der Waals surface area contributed by atoms with Gasteiger partial charge >= 0.3 is 0 Å². The van der Waals surface area contributed by atoms with Crippen LogP contribution in [0.5, 0.6) is 5.75 Å². The molecule has 0 spiro atoms. The third-order valence-corrected chi connectivity index (χ3v) is 6.12. The first-order valence-corrected chi connectivity index (χ1v) is 10.8. The summed E-state index contributed by atoms with van der Waals surface area (Å²) in [6.07, 6.45) is 6.77. The van der Waals surface area contributed by atoms with E-state index in [0.29, 0.717) is 18.8 Å². The maximum atomic E-state index is 12.8. The van der Waals surface area contributed by atoms with Crippen molar-refractivity contribution in [1.82, 2.24) is 9.47 Å². The topological polar surface area (TPSA) is 76.2 Å². The van der Waals surface area contributed by atoms with Gasteiger partial charge in [-0.3, -0.25) is 4.79 Å². The van der Waals surface area contributed by atoms with Gasteiger partial charge in [0, 0.05) is 58.2 Å². The summed E-state index contributed by atoms with van der Waals surface area (Å²) in [5.74, 6) is 5.91. The van der Waals surface area contributed by atoms with Crippen LogP contribution in [0.1, 0.15) is 36.2 Å². The Labute approximate surface area is 177 Å². The molecule has 2 aliphatic rings. The number of amides is 1. The summed E-state index contributed by atoms with van der Waals surface area (Å²) in [4.78, 5) is 29.1. The summed E-state index contributed by atoms with van der Waals surface area (Å²) < 4.78 is 1.88. The van der Waals surface area contributed by atoms with Crippen molar-refractivity contribution in [2.45, 2.75) is 25.7 Å². The third-order valence-electron chi connectivity index (χ3n) is 6.12. The fourth-order valence-electron chi connectivity index (χ4n) is 4.40. The van der Waals surface area contributed by atoms with Crippen molar-refractivity contribution in [2.75, 3.05) is 49.1 Å². The van der Waals surface area contributed by atoms with Crippen LogP contribution < -0.4 is 20.6 Å². The molecule has 0 aliphatic carbocycles. The first-order valence-electron chi connectivity index (χ1n) is 10.8. The summed E-state index contributed by atoms with van der Waals surface area (Å²) in [5, 5.41) is 0. The number of hydrogen-bond acceptors (Lipinski definition) is 6. The number of anilines is 2. The quantitative estimate of drug-likeness (QED) is 0.600. The lowest BCUT2D eigenvalue weighted by Crippen LogP contribution is -2.49. The van der Waals surface area contributed by atoms with Crippen molar-refractivity contribution in [3.8, 4) is 5.75 Å². The van der Waals surface area contributed by atoms with E-state index in [2.05, 4.69) is 20.9 Å². The van der Waals surface area contributed by atoms with Gasteiger partial charge in [0.2, 0.25) is 0 Å². The molecule has 2 aliphatic heterocycles. The lowest BCUT2D eigenvalue weighted by Gasteiger charge is -2.36. The van der Waals surface area contributed by atoms with Gasteiger partial charge in [0.1, 0.15) is 5.69 Å². The van der Waals surface area contributed by atoms with Gasteiger partial charge in [-0.2, -0.15) is 5.90 Å². The zero-order chi connectivity index (χ0) is 20.9. The zero-order valence-corrected chi connectivity index (χ0v) is 17.6. The molecule has 8 nitrogen and oxygen atoms in total.